The number of nitrogens with zero attached hydrogens (tertiary/aromatic N) is 3. The second-order valence-electron chi connectivity index (χ2n) is 6.27. The van der Waals surface area contributed by atoms with Gasteiger partial charge < -0.3 is 13.8 Å². The molecule has 3 atom stereocenters. The van der Waals surface area contributed by atoms with Gasteiger partial charge in [0.2, 0.25) is 11.8 Å². The van der Waals surface area contributed by atoms with E-state index in [2.05, 4.69) is 10.1 Å². The van der Waals surface area contributed by atoms with E-state index in [9.17, 15) is 4.79 Å². The SMILES string of the molecule is Cc1noc([C@@H]2CCCN(C(=O)[C@H]3C[C@H]3c3ccco3)C2)n1. The summed E-state index contributed by atoms with van der Waals surface area (Å²) in [6.07, 6.45) is 4.55. The van der Waals surface area contributed by atoms with Crippen LogP contribution in [-0.4, -0.2) is 34.0 Å². The number of piperidine rings is 1. The summed E-state index contributed by atoms with van der Waals surface area (Å²) in [5.74, 6) is 2.98. The lowest BCUT2D eigenvalue weighted by atomic mass is 9.97. The van der Waals surface area contributed by atoms with Crippen LogP contribution in [0, 0.1) is 12.8 Å². The van der Waals surface area contributed by atoms with Crippen molar-refractivity contribution in [1.82, 2.24) is 15.0 Å². The Kier molecular flexibility index (Phi) is 3.24. The summed E-state index contributed by atoms with van der Waals surface area (Å²) in [6, 6.07) is 3.84. The molecule has 116 valence electrons. The molecule has 0 N–H and O–H groups in total. The predicted octanol–water partition coefficient (Wildman–Crippen LogP) is 2.48. The number of furan rings is 1. The van der Waals surface area contributed by atoms with Gasteiger partial charge in [0.25, 0.3) is 0 Å². The van der Waals surface area contributed by atoms with Crippen molar-refractivity contribution < 1.29 is 13.7 Å². The highest BCUT2D eigenvalue weighted by molar-refractivity contribution is 5.83. The number of aromatic nitrogens is 2. The van der Waals surface area contributed by atoms with Crippen LogP contribution in [0.25, 0.3) is 0 Å². The third kappa shape index (κ3) is 2.42. The molecule has 2 aliphatic rings. The van der Waals surface area contributed by atoms with Gasteiger partial charge in [-0.3, -0.25) is 4.79 Å². The molecule has 6 nitrogen and oxygen atoms in total. The Morgan fingerprint density at radius 3 is 3.09 bits per heavy atom. The van der Waals surface area contributed by atoms with E-state index in [1.54, 1.807) is 6.26 Å². The molecule has 0 aromatic carbocycles. The fourth-order valence-electron chi connectivity index (χ4n) is 3.38. The molecule has 0 radical (unpaired) electrons. The van der Waals surface area contributed by atoms with E-state index >= 15 is 0 Å². The first-order chi connectivity index (χ1) is 10.7. The maximum atomic E-state index is 12.7. The number of hydrogen-bond donors (Lipinski definition) is 0. The number of carbonyl (C=O) groups excluding carboxylic acids is 1. The minimum absolute atomic E-state index is 0.0781. The Bertz CT molecular complexity index is 664. The molecule has 1 saturated carbocycles. The molecule has 6 heteroatoms. The van der Waals surface area contributed by atoms with E-state index in [0.29, 0.717) is 18.3 Å². The summed E-state index contributed by atoms with van der Waals surface area (Å²) in [4.78, 5) is 18.9. The van der Waals surface area contributed by atoms with Crippen LogP contribution in [0.2, 0.25) is 0 Å². The topological polar surface area (TPSA) is 72.4 Å². The fourth-order valence-corrected chi connectivity index (χ4v) is 3.38. The molecule has 1 amide bonds. The van der Waals surface area contributed by atoms with Crippen molar-refractivity contribution in [2.24, 2.45) is 5.92 Å². The van der Waals surface area contributed by atoms with Crippen LogP contribution in [0.3, 0.4) is 0 Å². The number of rotatable bonds is 3. The molecule has 1 aliphatic heterocycles. The predicted molar refractivity (Wildman–Crippen MR) is 77.1 cm³/mol. The van der Waals surface area contributed by atoms with E-state index in [1.165, 1.54) is 0 Å². The van der Waals surface area contributed by atoms with Crippen molar-refractivity contribution in [3.63, 3.8) is 0 Å². The van der Waals surface area contributed by atoms with Gasteiger partial charge in [-0.05, 0) is 38.3 Å². The third-order valence-electron chi connectivity index (χ3n) is 4.64. The Morgan fingerprint density at radius 1 is 1.45 bits per heavy atom. The van der Waals surface area contributed by atoms with Gasteiger partial charge in [-0.15, -0.1) is 0 Å². The average molecular weight is 301 g/mol. The van der Waals surface area contributed by atoms with Gasteiger partial charge in [0, 0.05) is 24.9 Å². The van der Waals surface area contributed by atoms with Crippen molar-refractivity contribution in [2.75, 3.05) is 13.1 Å². The molecular formula is C16H19N3O3. The Balaban J connectivity index is 1.41. The maximum Gasteiger partial charge on any atom is 0.231 e. The second kappa shape index (κ2) is 5.26. The average Bonchev–Trinajstić information content (AvgIpc) is 2.95. The van der Waals surface area contributed by atoms with Gasteiger partial charge >= 0.3 is 0 Å². The van der Waals surface area contributed by atoms with E-state index < -0.39 is 0 Å². The van der Waals surface area contributed by atoms with Crippen molar-refractivity contribution in [3.8, 4) is 0 Å². The number of aryl methyl sites for hydroxylation is 1. The number of likely N-dealkylation sites (tertiary alicyclic amines) is 1. The van der Waals surface area contributed by atoms with Crippen LogP contribution in [0.15, 0.2) is 27.3 Å². The first-order valence-electron chi connectivity index (χ1n) is 7.85. The molecule has 2 fully saturated rings. The highest BCUT2D eigenvalue weighted by Gasteiger charge is 2.48. The lowest BCUT2D eigenvalue weighted by Gasteiger charge is -2.31. The van der Waals surface area contributed by atoms with Crippen LogP contribution in [0.1, 0.15) is 48.6 Å². The molecule has 2 aromatic heterocycles. The van der Waals surface area contributed by atoms with Crippen LogP contribution in [0.4, 0.5) is 0 Å². The molecule has 2 aromatic rings. The lowest BCUT2D eigenvalue weighted by molar-refractivity contribution is -0.134. The zero-order valence-corrected chi connectivity index (χ0v) is 12.6. The monoisotopic (exact) mass is 301 g/mol. The summed E-state index contributed by atoms with van der Waals surface area (Å²) in [5, 5.41) is 3.85. The van der Waals surface area contributed by atoms with E-state index in [0.717, 1.165) is 31.6 Å². The number of hydrogen-bond acceptors (Lipinski definition) is 5. The van der Waals surface area contributed by atoms with Crippen LogP contribution >= 0.6 is 0 Å². The Labute approximate surface area is 128 Å². The molecule has 3 heterocycles. The highest BCUT2D eigenvalue weighted by atomic mass is 16.5. The summed E-state index contributed by atoms with van der Waals surface area (Å²) >= 11 is 0. The first kappa shape index (κ1) is 13.5. The smallest absolute Gasteiger partial charge is 0.231 e. The van der Waals surface area contributed by atoms with Crippen LogP contribution in [-0.2, 0) is 4.79 Å². The number of amides is 1. The van der Waals surface area contributed by atoms with Gasteiger partial charge in [-0.25, -0.2) is 0 Å². The summed E-state index contributed by atoms with van der Waals surface area (Å²) < 4.78 is 10.7. The highest BCUT2D eigenvalue weighted by Crippen LogP contribution is 2.49. The normalized spacial score (nSPS) is 27.9. The van der Waals surface area contributed by atoms with Crippen molar-refractivity contribution in [1.29, 1.82) is 0 Å². The van der Waals surface area contributed by atoms with Gasteiger partial charge in [0.15, 0.2) is 5.82 Å². The summed E-state index contributed by atoms with van der Waals surface area (Å²) in [6.45, 7) is 3.32. The second-order valence-corrected chi connectivity index (χ2v) is 6.27. The first-order valence-corrected chi connectivity index (χ1v) is 7.85. The minimum atomic E-state index is 0.0781. The Morgan fingerprint density at radius 2 is 2.36 bits per heavy atom. The van der Waals surface area contributed by atoms with Gasteiger partial charge in [0.1, 0.15) is 5.76 Å². The zero-order valence-electron chi connectivity index (χ0n) is 12.6. The number of carbonyl (C=O) groups is 1. The largest absolute Gasteiger partial charge is 0.469 e. The molecule has 1 saturated heterocycles. The van der Waals surface area contributed by atoms with Gasteiger partial charge in [0.05, 0.1) is 12.2 Å². The minimum Gasteiger partial charge on any atom is -0.469 e. The quantitative estimate of drug-likeness (QED) is 0.871. The lowest BCUT2D eigenvalue weighted by Crippen LogP contribution is -2.40. The summed E-state index contributed by atoms with van der Waals surface area (Å²) in [7, 11) is 0. The van der Waals surface area contributed by atoms with Crippen LogP contribution < -0.4 is 0 Å². The standard InChI is InChI=1S/C16H19N3O3/c1-10-17-15(22-18-10)11-4-2-6-19(9-11)16(20)13-8-12(13)14-5-3-7-21-14/h3,5,7,11-13H,2,4,6,8-9H2,1H3/t11-,12-,13+/m1/s1. The van der Waals surface area contributed by atoms with Crippen molar-refractivity contribution >= 4 is 5.91 Å². The van der Waals surface area contributed by atoms with E-state index in [1.807, 2.05) is 24.0 Å². The maximum absolute atomic E-state index is 12.7. The molecular weight excluding hydrogens is 282 g/mol. The van der Waals surface area contributed by atoms with Crippen molar-refractivity contribution in [2.45, 2.75) is 38.0 Å². The molecule has 0 unspecified atom stereocenters. The van der Waals surface area contributed by atoms with E-state index in [-0.39, 0.29) is 23.7 Å². The Hall–Kier alpha value is -2.11. The summed E-state index contributed by atoms with van der Waals surface area (Å²) in [5.41, 5.74) is 0. The molecule has 1 aliphatic carbocycles. The third-order valence-corrected chi connectivity index (χ3v) is 4.64. The molecule has 22 heavy (non-hydrogen) atoms. The van der Waals surface area contributed by atoms with Crippen LogP contribution in [0.5, 0.6) is 0 Å². The van der Waals surface area contributed by atoms with Crippen molar-refractivity contribution in [3.05, 3.63) is 35.9 Å². The molecule has 0 bridgehead atoms. The van der Waals surface area contributed by atoms with Gasteiger partial charge in [-0.1, -0.05) is 5.16 Å². The molecule has 0 spiro atoms. The molecule has 4 rings (SSSR count). The van der Waals surface area contributed by atoms with Gasteiger partial charge in [-0.2, -0.15) is 4.98 Å². The zero-order chi connectivity index (χ0) is 15.1. The van der Waals surface area contributed by atoms with E-state index in [4.69, 9.17) is 8.94 Å². The fraction of sp³-hybridized carbons (Fsp3) is 0.562.